The molecule has 3 rings (SSSR count). The number of nitrogens with one attached hydrogen (secondary N) is 1. The molecular formula is C14H18N4S. The second-order valence-corrected chi connectivity index (χ2v) is 6.32. The van der Waals surface area contributed by atoms with Gasteiger partial charge in [0.15, 0.2) is 0 Å². The van der Waals surface area contributed by atoms with Gasteiger partial charge in [0.25, 0.3) is 0 Å². The van der Waals surface area contributed by atoms with Crippen molar-refractivity contribution in [3.05, 3.63) is 42.0 Å². The summed E-state index contributed by atoms with van der Waals surface area (Å²) in [6, 6.07) is 8.92. The minimum Gasteiger partial charge on any atom is -0.319 e. The maximum atomic E-state index is 4.14. The Balaban J connectivity index is 1.56. The minimum atomic E-state index is 0.233. The highest BCUT2D eigenvalue weighted by Gasteiger charge is 2.22. The number of rotatable bonds is 4. The summed E-state index contributed by atoms with van der Waals surface area (Å²) >= 11 is 1.97. The van der Waals surface area contributed by atoms with Gasteiger partial charge in [-0.05, 0) is 25.0 Å². The normalized spacial score (nSPS) is 19.4. The van der Waals surface area contributed by atoms with Crippen molar-refractivity contribution in [1.82, 2.24) is 20.1 Å². The Morgan fingerprint density at radius 1 is 1.47 bits per heavy atom. The molecule has 2 atom stereocenters. The first-order valence-corrected chi connectivity index (χ1v) is 7.44. The van der Waals surface area contributed by atoms with Crippen molar-refractivity contribution in [2.45, 2.75) is 29.5 Å². The first-order chi connectivity index (χ1) is 9.24. The van der Waals surface area contributed by atoms with Crippen LogP contribution in [0.1, 0.15) is 24.4 Å². The van der Waals surface area contributed by atoms with E-state index in [1.54, 1.807) is 6.33 Å². The predicted octanol–water partition coefficient (Wildman–Crippen LogP) is 2.18. The lowest BCUT2D eigenvalue weighted by Gasteiger charge is -2.15. The molecule has 5 heteroatoms. The maximum absolute atomic E-state index is 4.14. The Hall–Kier alpha value is -1.33. The number of benzene rings is 1. The van der Waals surface area contributed by atoms with Gasteiger partial charge in [0, 0.05) is 23.7 Å². The van der Waals surface area contributed by atoms with E-state index in [0.717, 1.165) is 18.8 Å². The molecule has 0 radical (unpaired) electrons. The predicted molar refractivity (Wildman–Crippen MR) is 77.2 cm³/mol. The summed E-state index contributed by atoms with van der Waals surface area (Å²) in [6.45, 7) is 3.13. The summed E-state index contributed by atoms with van der Waals surface area (Å²) in [6.07, 6.45) is 2.90. The van der Waals surface area contributed by atoms with E-state index in [0.29, 0.717) is 5.25 Å². The van der Waals surface area contributed by atoms with Crippen LogP contribution in [0.4, 0.5) is 0 Å². The third-order valence-corrected chi connectivity index (χ3v) is 4.82. The summed E-state index contributed by atoms with van der Waals surface area (Å²) in [7, 11) is 1.98. The van der Waals surface area contributed by atoms with E-state index >= 15 is 0 Å². The van der Waals surface area contributed by atoms with E-state index in [1.165, 1.54) is 10.5 Å². The van der Waals surface area contributed by atoms with Gasteiger partial charge in [-0.15, -0.1) is 22.0 Å². The molecule has 1 aromatic carbocycles. The van der Waals surface area contributed by atoms with Crippen LogP contribution in [0.5, 0.6) is 0 Å². The quantitative estimate of drug-likeness (QED) is 0.928. The molecule has 0 aliphatic carbocycles. The topological polar surface area (TPSA) is 42.7 Å². The molecule has 100 valence electrons. The zero-order chi connectivity index (χ0) is 13.2. The van der Waals surface area contributed by atoms with Gasteiger partial charge in [0.1, 0.15) is 12.2 Å². The van der Waals surface area contributed by atoms with Crippen LogP contribution in [0.2, 0.25) is 0 Å². The smallest absolute Gasteiger partial charge is 0.149 e. The van der Waals surface area contributed by atoms with Crippen LogP contribution >= 0.6 is 11.8 Å². The van der Waals surface area contributed by atoms with Crippen LogP contribution < -0.4 is 5.32 Å². The highest BCUT2D eigenvalue weighted by Crippen LogP contribution is 2.36. The maximum Gasteiger partial charge on any atom is 0.149 e. The van der Waals surface area contributed by atoms with E-state index < -0.39 is 0 Å². The fraction of sp³-hybridized carbons (Fsp3) is 0.429. The first kappa shape index (κ1) is 12.7. The van der Waals surface area contributed by atoms with Gasteiger partial charge in [-0.25, -0.2) is 0 Å². The Kier molecular flexibility index (Phi) is 3.57. The number of aryl methyl sites for hydroxylation is 1. The van der Waals surface area contributed by atoms with Crippen molar-refractivity contribution < 1.29 is 0 Å². The molecule has 1 aliphatic heterocycles. The zero-order valence-corrected chi connectivity index (χ0v) is 12.0. The first-order valence-electron chi connectivity index (χ1n) is 6.56. The fourth-order valence-corrected chi connectivity index (χ4v) is 3.71. The van der Waals surface area contributed by atoms with Gasteiger partial charge in [0.2, 0.25) is 0 Å². The summed E-state index contributed by atoms with van der Waals surface area (Å²) in [5.74, 6) is 0.987. The third-order valence-electron chi connectivity index (χ3n) is 3.50. The Labute approximate surface area is 117 Å². The molecule has 1 aliphatic rings. The number of hydrogen-bond donors (Lipinski definition) is 1. The molecule has 0 bridgehead atoms. The van der Waals surface area contributed by atoms with Crippen LogP contribution in [0.3, 0.4) is 0 Å². The van der Waals surface area contributed by atoms with E-state index in [-0.39, 0.29) is 6.04 Å². The van der Waals surface area contributed by atoms with Crippen LogP contribution in [0.25, 0.3) is 0 Å². The van der Waals surface area contributed by atoms with Crippen molar-refractivity contribution in [1.29, 1.82) is 0 Å². The molecule has 0 amide bonds. The highest BCUT2D eigenvalue weighted by molar-refractivity contribution is 8.00. The van der Waals surface area contributed by atoms with E-state index in [4.69, 9.17) is 0 Å². The van der Waals surface area contributed by atoms with Crippen LogP contribution in [-0.2, 0) is 13.5 Å². The number of hydrogen-bond acceptors (Lipinski definition) is 4. The average Bonchev–Trinajstić information content (AvgIpc) is 3.01. The number of aromatic nitrogens is 3. The van der Waals surface area contributed by atoms with Crippen molar-refractivity contribution in [2.24, 2.45) is 7.05 Å². The van der Waals surface area contributed by atoms with E-state index in [1.807, 2.05) is 23.4 Å². The Morgan fingerprint density at radius 2 is 2.32 bits per heavy atom. The molecule has 0 saturated heterocycles. The van der Waals surface area contributed by atoms with Gasteiger partial charge in [-0.2, -0.15) is 0 Å². The summed E-state index contributed by atoms with van der Waals surface area (Å²) < 4.78 is 1.97. The minimum absolute atomic E-state index is 0.233. The lowest BCUT2D eigenvalue weighted by molar-refractivity contribution is 0.525. The lowest BCUT2D eigenvalue weighted by atomic mass is 10.1. The van der Waals surface area contributed by atoms with Gasteiger partial charge >= 0.3 is 0 Å². The molecule has 2 unspecified atom stereocenters. The molecule has 0 spiro atoms. The second-order valence-electron chi connectivity index (χ2n) is 4.98. The molecule has 4 nitrogen and oxygen atoms in total. The summed E-state index contributed by atoms with van der Waals surface area (Å²) in [4.78, 5) is 1.43. The molecule has 2 heterocycles. The zero-order valence-electron chi connectivity index (χ0n) is 11.2. The highest BCUT2D eigenvalue weighted by atomic mass is 32.2. The van der Waals surface area contributed by atoms with Crippen molar-refractivity contribution in [3.63, 3.8) is 0 Å². The number of thioether (sulfide) groups is 1. The van der Waals surface area contributed by atoms with Crippen LogP contribution in [-0.4, -0.2) is 26.6 Å². The molecule has 0 saturated carbocycles. The second kappa shape index (κ2) is 5.35. The summed E-state index contributed by atoms with van der Waals surface area (Å²) in [5.41, 5.74) is 1.48. The molecule has 1 aromatic heterocycles. The van der Waals surface area contributed by atoms with Crippen molar-refractivity contribution in [2.75, 3.05) is 6.54 Å². The van der Waals surface area contributed by atoms with E-state index in [9.17, 15) is 0 Å². The van der Waals surface area contributed by atoms with Gasteiger partial charge in [-0.1, -0.05) is 18.2 Å². The van der Waals surface area contributed by atoms with Gasteiger partial charge in [0.05, 0.1) is 6.04 Å². The fourth-order valence-electron chi connectivity index (χ4n) is 2.45. The van der Waals surface area contributed by atoms with E-state index in [2.05, 4.69) is 46.7 Å². The average molecular weight is 274 g/mol. The Morgan fingerprint density at radius 3 is 3.05 bits per heavy atom. The largest absolute Gasteiger partial charge is 0.319 e. The molecule has 0 fully saturated rings. The molecular weight excluding hydrogens is 256 g/mol. The number of nitrogens with zero attached hydrogens (tertiary/aromatic N) is 3. The lowest BCUT2D eigenvalue weighted by Crippen LogP contribution is -2.28. The van der Waals surface area contributed by atoms with Crippen molar-refractivity contribution >= 4 is 11.8 Å². The third kappa shape index (κ3) is 2.67. The SMILES string of the molecule is CC(NCC1Cc2ccccc2S1)c1nncn1C. The molecule has 19 heavy (non-hydrogen) atoms. The number of fused-ring (bicyclic) bond motifs is 1. The molecule has 1 N–H and O–H groups in total. The van der Waals surface area contributed by atoms with Gasteiger partial charge in [-0.3, -0.25) is 0 Å². The van der Waals surface area contributed by atoms with Crippen molar-refractivity contribution in [3.8, 4) is 0 Å². The van der Waals surface area contributed by atoms with Crippen LogP contribution in [0, 0.1) is 0 Å². The summed E-state index contributed by atoms with van der Waals surface area (Å²) in [5, 5.41) is 12.2. The standard InChI is InChI=1S/C14H18N4S/c1-10(14-17-16-9-18(14)2)15-8-12-7-11-5-3-4-6-13(11)19-12/h3-6,9-10,12,15H,7-8H2,1-2H3. The molecule has 2 aromatic rings. The Bertz CT molecular complexity index is 541. The van der Waals surface area contributed by atoms with Crippen LogP contribution in [0.15, 0.2) is 35.5 Å². The van der Waals surface area contributed by atoms with Gasteiger partial charge < -0.3 is 9.88 Å². The monoisotopic (exact) mass is 274 g/mol.